The van der Waals surface area contributed by atoms with Crippen LogP contribution in [0.3, 0.4) is 0 Å². The van der Waals surface area contributed by atoms with E-state index in [9.17, 15) is 0 Å². The number of rotatable bonds is 4. The highest BCUT2D eigenvalue weighted by atomic mass is 79.9. The van der Waals surface area contributed by atoms with Crippen LogP contribution in [0.5, 0.6) is 0 Å². The van der Waals surface area contributed by atoms with Gasteiger partial charge in [0.2, 0.25) is 0 Å². The summed E-state index contributed by atoms with van der Waals surface area (Å²) in [7, 11) is 0. The van der Waals surface area contributed by atoms with Gasteiger partial charge >= 0.3 is 0 Å². The highest BCUT2D eigenvalue weighted by molar-refractivity contribution is 9.10. The van der Waals surface area contributed by atoms with Gasteiger partial charge in [-0.3, -0.25) is 0 Å². The zero-order chi connectivity index (χ0) is 15.5. The number of nitrogens with two attached hydrogens (primary N) is 1. The molecule has 118 valence electrons. The van der Waals surface area contributed by atoms with Gasteiger partial charge in [-0.25, -0.2) is 0 Å². The maximum Gasteiger partial charge on any atom is 0.0410 e. The summed E-state index contributed by atoms with van der Waals surface area (Å²) in [5.74, 6) is 0. The normalized spacial score (nSPS) is 20.1. The van der Waals surface area contributed by atoms with Gasteiger partial charge in [0.1, 0.15) is 0 Å². The SMILES string of the molecule is CCC(N)Cc1ccc(Br)cc1N1CCCC(C)(C)CC1. The third-order valence-electron chi connectivity index (χ3n) is 4.73. The van der Waals surface area contributed by atoms with Crippen LogP contribution < -0.4 is 10.6 Å². The largest absolute Gasteiger partial charge is 0.371 e. The van der Waals surface area contributed by atoms with Crippen LogP contribution in [0.15, 0.2) is 22.7 Å². The number of hydrogen-bond donors (Lipinski definition) is 1. The summed E-state index contributed by atoms with van der Waals surface area (Å²) in [6.07, 6.45) is 5.86. The number of hydrogen-bond acceptors (Lipinski definition) is 2. The number of halogens is 1. The molecule has 21 heavy (non-hydrogen) atoms. The molecule has 1 aromatic rings. The van der Waals surface area contributed by atoms with Crippen molar-refractivity contribution in [2.45, 2.75) is 58.9 Å². The van der Waals surface area contributed by atoms with Gasteiger partial charge in [0, 0.05) is 29.3 Å². The Morgan fingerprint density at radius 3 is 2.76 bits per heavy atom. The molecule has 2 rings (SSSR count). The first-order chi connectivity index (χ1) is 9.91. The van der Waals surface area contributed by atoms with E-state index in [1.807, 2.05) is 0 Å². The second kappa shape index (κ2) is 7.15. The van der Waals surface area contributed by atoms with Crippen LogP contribution in [0.25, 0.3) is 0 Å². The fourth-order valence-electron chi connectivity index (χ4n) is 3.09. The van der Waals surface area contributed by atoms with E-state index in [1.165, 1.54) is 30.5 Å². The minimum absolute atomic E-state index is 0.258. The second-order valence-corrected chi connectivity index (χ2v) is 8.07. The average molecular weight is 353 g/mol. The molecule has 1 fully saturated rings. The summed E-state index contributed by atoms with van der Waals surface area (Å²) < 4.78 is 1.16. The lowest BCUT2D eigenvalue weighted by Gasteiger charge is -2.28. The maximum absolute atomic E-state index is 6.19. The van der Waals surface area contributed by atoms with Crippen molar-refractivity contribution in [3.05, 3.63) is 28.2 Å². The Kier molecular flexibility index (Phi) is 5.73. The molecule has 1 saturated heterocycles. The molecule has 1 atom stereocenters. The quantitative estimate of drug-likeness (QED) is 0.847. The molecule has 1 aliphatic heterocycles. The summed E-state index contributed by atoms with van der Waals surface area (Å²) in [5, 5.41) is 0. The molecular formula is C18H29BrN2. The van der Waals surface area contributed by atoms with Gasteiger partial charge in [-0.05, 0) is 55.2 Å². The molecule has 1 unspecified atom stereocenters. The Morgan fingerprint density at radius 1 is 1.29 bits per heavy atom. The second-order valence-electron chi connectivity index (χ2n) is 7.15. The third kappa shape index (κ3) is 4.72. The highest BCUT2D eigenvalue weighted by Gasteiger charge is 2.24. The molecule has 1 aliphatic rings. The van der Waals surface area contributed by atoms with Crippen LogP contribution in [0.2, 0.25) is 0 Å². The van der Waals surface area contributed by atoms with Gasteiger partial charge in [0.25, 0.3) is 0 Å². The molecule has 0 bridgehead atoms. The molecular weight excluding hydrogens is 324 g/mol. The van der Waals surface area contributed by atoms with Crippen molar-refractivity contribution in [2.24, 2.45) is 11.1 Å². The van der Waals surface area contributed by atoms with Crippen molar-refractivity contribution in [3.8, 4) is 0 Å². The third-order valence-corrected chi connectivity index (χ3v) is 5.23. The molecule has 2 nitrogen and oxygen atoms in total. The summed E-state index contributed by atoms with van der Waals surface area (Å²) >= 11 is 3.63. The minimum atomic E-state index is 0.258. The van der Waals surface area contributed by atoms with Crippen molar-refractivity contribution in [1.82, 2.24) is 0 Å². The van der Waals surface area contributed by atoms with Gasteiger partial charge in [-0.2, -0.15) is 0 Å². The Morgan fingerprint density at radius 2 is 2.05 bits per heavy atom. The van der Waals surface area contributed by atoms with Gasteiger partial charge in [0.15, 0.2) is 0 Å². The van der Waals surface area contributed by atoms with Crippen LogP contribution in [0.4, 0.5) is 5.69 Å². The lowest BCUT2D eigenvalue weighted by molar-refractivity contribution is 0.325. The molecule has 0 aromatic heterocycles. The summed E-state index contributed by atoms with van der Waals surface area (Å²) in [5.41, 5.74) is 9.43. The van der Waals surface area contributed by atoms with Crippen molar-refractivity contribution >= 4 is 21.6 Å². The average Bonchev–Trinajstić information content (AvgIpc) is 2.61. The summed E-state index contributed by atoms with van der Waals surface area (Å²) in [6.45, 7) is 9.26. The van der Waals surface area contributed by atoms with E-state index in [4.69, 9.17) is 5.73 Å². The Hall–Kier alpha value is -0.540. The molecule has 0 saturated carbocycles. The van der Waals surface area contributed by atoms with Crippen LogP contribution >= 0.6 is 15.9 Å². The van der Waals surface area contributed by atoms with E-state index >= 15 is 0 Å². The van der Waals surface area contributed by atoms with Crippen molar-refractivity contribution in [1.29, 1.82) is 0 Å². The first-order valence-electron chi connectivity index (χ1n) is 8.20. The lowest BCUT2D eigenvalue weighted by Crippen LogP contribution is -2.28. The highest BCUT2D eigenvalue weighted by Crippen LogP contribution is 2.34. The molecule has 1 aromatic carbocycles. The predicted octanol–water partition coefficient (Wildman–Crippen LogP) is 4.75. The van der Waals surface area contributed by atoms with Crippen LogP contribution in [-0.2, 0) is 6.42 Å². The van der Waals surface area contributed by atoms with Gasteiger partial charge in [-0.15, -0.1) is 0 Å². The molecule has 0 spiro atoms. The molecule has 0 aliphatic carbocycles. The first-order valence-corrected chi connectivity index (χ1v) is 8.99. The number of nitrogens with zero attached hydrogens (tertiary/aromatic N) is 1. The fourth-order valence-corrected chi connectivity index (χ4v) is 3.44. The Balaban J connectivity index is 2.22. The van der Waals surface area contributed by atoms with Crippen molar-refractivity contribution < 1.29 is 0 Å². The van der Waals surface area contributed by atoms with Crippen LogP contribution in [0.1, 0.15) is 52.0 Å². The Bertz CT molecular complexity index is 470. The molecule has 0 radical (unpaired) electrons. The number of benzene rings is 1. The van der Waals surface area contributed by atoms with Gasteiger partial charge in [-0.1, -0.05) is 42.8 Å². The summed E-state index contributed by atoms with van der Waals surface area (Å²) in [4.78, 5) is 2.57. The topological polar surface area (TPSA) is 29.3 Å². The molecule has 1 heterocycles. The number of anilines is 1. The van der Waals surface area contributed by atoms with E-state index in [2.05, 4.69) is 59.8 Å². The first kappa shape index (κ1) is 16.8. The zero-order valence-electron chi connectivity index (χ0n) is 13.7. The van der Waals surface area contributed by atoms with Crippen molar-refractivity contribution in [2.75, 3.05) is 18.0 Å². The lowest BCUT2D eigenvalue weighted by atomic mass is 9.85. The smallest absolute Gasteiger partial charge is 0.0410 e. The van der Waals surface area contributed by atoms with Gasteiger partial charge in [0.05, 0.1) is 0 Å². The van der Waals surface area contributed by atoms with Crippen LogP contribution in [-0.4, -0.2) is 19.1 Å². The standard InChI is InChI=1S/C18H29BrN2/c1-4-16(20)12-14-6-7-15(19)13-17(14)21-10-5-8-18(2,3)9-11-21/h6-7,13,16H,4-5,8-12,20H2,1-3H3. The summed E-state index contributed by atoms with van der Waals surface area (Å²) in [6, 6.07) is 6.91. The molecule has 0 amide bonds. The molecule has 3 heteroatoms. The maximum atomic E-state index is 6.19. The Labute approximate surface area is 138 Å². The van der Waals surface area contributed by atoms with E-state index in [0.29, 0.717) is 5.41 Å². The van der Waals surface area contributed by atoms with Gasteiger partial charge < -0.3 is 10.6 Å². The molecule has 2 N–H and O–H groups in total. The monoisotopic (exact) mass is 352 g/mol. The van der Waals surface area contributed by atoms with E-state index in [0.717, 1.165) is 30.4 Å². The fraction of sp³-hybridized carbons (Fsp3) is 0.667. The van der Waals surface area contributed by atoms with Crippen molar-refractivity contribution in [3.63, 3.8) is 0 Å². The van der Waals surface area contributed by atoms with E-state index < -0.39 is 0 Å². The van der Waals surface area contributed by atoms with Crippen LogP contribution in [0, 0.1) is 5.41 Å². The van der Waals surface area contributed by atoms with E-state index in [1.54, 1.807) is 0 Å². The predicted molar refractivity (Wildman–Crippen MR) is 96.0 cm³/mol. The zero-order valence-corrected chi connectivity index (χ0v) is 15.2. The minimum Gasteiger partial charge on any atom is -0.371 e. The van der Waals surface area contributed by atoms with E-state index in [-0.39, 0.29) is 6.04 Å².